The number of carbonyl (C=O) groups is 1. The van der Waals surface area contributed by atoms with E-state index < -0.39 is 23.5 Å². The van der Waals surface area contributed by atoms with E-state index in [4.69, 9.17) is 0 Å². The summed E-state index contributed by atoms with van der Waals surface area (Å²) in [6.45, 7) is 1.87. The first-order chi connectivity index (χ1) is 11.7. The van der Waals surface area contributed by atoms with Crippen LogP contribution in [0.15, 0.2) is 36.4 Å². The van der Waals surface area contributed by atoms with Crippen LogP contribution >= 0.6 is 11.3 Å². The number of halogens is 3. The third-order valence-electron chi connectivity index (χ3n) is 3.31. The number of alkyl halides is 3. The van der Waals surface area contributed by atoms with E-state index in [9.17, 15) is 23.1 Å². The summed E-state index contributed by atoms with van der Waals surface area (Å²) in [6.07, 6.45) is -4.71. The lowest BCUT2D eigenvalue weighted by molar-refractivity contribution is -0.138. The Morgan fingerprint density at radius 3 is 2.44 bits per heavy atom. The largest absolute Gasteiger partial charge is 0.507 e. The maximum atomic E-state index is 12.8. The molecular formula is C16H12F3N3O2S. The van der Waals surface area contributed by atoms with Crippen molar-refractivity contribution in [3.63, 3.8) is 0 Å². The fraction of sp³-hybridized carbons (Fsp3) is 0.125. The molecule has 0 saturated carbocycles. The fourth-order valence-corrected chi connectivity index (χ4v) is 3.12. The maximum Gasteiger partial charge on any atom is 0.420 e. The normalized spacial score (nSPS) is 11.5. The number of thiazole rings is 1. The minimum atomic E-state index is -4.71. The molecule has 2 aromatic carbocycles. The zero-order valence-corrected chi connectivity index (χ0v) is 13.6. The zero-order chi connectivity index (χ0) is 18.2. The first-order valence-corrected chi connectivity index (χ1v) is 7.89. The number of benzene rings is 2. The van der Waals surface area contributed by atoms with Gasteiger partial charge in [-0.05, 0) is 43.3 Å². The molecule has 0 saturated heterocycles. The second-order valence-electron chi connectivity index (χ2n) is 5.22. The summed E-state index contributed by atoms with van der Waals surface area (Å²) in [5.74, 6) is -0.899. The number of aromatic nitrogens is 1. The van der Waals surface area contributed by atoms with Gasteiger partial charge < -0.3 is 15.7 Å². The van der Waals surface area contributed by atoms with Crippen LogP contribution in [-0.4, -0.2) is 16.1 Å². The Labute approximate surface area is 144 Å². The van der Waals surface area contributed by atoms with Crippen LogP contribution in [-0.2, 0) is 6.18 Å². The Morgan fingerprint density at radius 1 is 1.12 bits per heavy atom. The molecule has 0 bridgehead atoms. The number of aromatic hydroxyl groups is 1. The van der Waals surface area contributed by atoms with Crippen LogP contribution in [0, 0.1) is 6.92 Å². The van der Waals surface area contributed by atoms with E-state index in [-0.39, 0.29) is 5.69 Å². The number of carbonyl (C=O) groups excluding carboxylic acids is 1. The predicted octanol–water partition coefficient (Wildman–Crippen LogP) is 4.97. The van der Waals surface area contributed by atoms with E-state index in [0.29, 0.717) is 11.8 Å². The molecule has 1 heterocycles. The molecule has 130 valence electrons. The van der Waals surface area contributed by atoms with Crippen LogP contribution in [0.4, 0.5) is 29.3 Å². The van der Waals surface area contributed by atoms with E-state index in [1.807, 2.05) is 6.92 Å². The Balaban J connectivity index is 1.75. The number of nitrogens with zero attached hydrogens (tertiary/aromatic N) is 1. The van der Waals surface area contributed by atoms with Gasteiger partial charge in [-0.1, -0.05) is 0 Å². The Morgan fingerprint density at radius 2 is 1.76 bits per heavy atom. The second kappa shape index (κ2) is 6.25. The van der Waals surface area contributed by atoms with E-state index in [0.717, 1.165) is 21.3 Å². The summed E-state index contributed by atoms with van der Waals surface area (Å²) in [4.78, 5) is 16.3. The van der Waals surface area contributed by atoms with Crippen molar-refractivity contribution in [2.75, 3.05) is 10.6 Å². The van der Waals surface area contributed by atoms with Crippen molar-refractivity contribution in [3.8, 4) is 5.75 Å². The van der Waals surface area contributed by atoms with Crippen molar-refractivity contribution in [2.45, 2.75) is 13.1 Å². The van der Waals surface area contributed by atoms with Gasteiger partial charge in [0, 0.05) is 11.4 Å². The highest BCUT2D eigenvalue weighted by atomic mass is 32.1. The van der Waals surface area contributed by atoms with Gasteiger partial charge in [0.25, 0.3) is 0 Å². The van der Waals surface area contributed by atoms with E-state index in [2.05, 4.69) is 15.6 Å². The molecule has 2 amide bonds. The van der Waals surface area contributed by atoms with Crippen LogP contribution in [0.3, 0.4) is 0 Å². The molecule has 0 spiro atoms. The number of anilines is 2. The predicted molar refractivity (Wildman–Crippen MR) is 90.1 cm³/mol. The summed E-state index contributed by atoms with van der Waals surface area (Å²) >= 11 is 1.47. The molecule has 3 rings (SSSR count). The minimum absolute atomic E-state index is 0.0858. The first kappa shape index (κ1) is 17.0. The topological polar surface area (TPSA) is 74.2 Å². The quantitative estimate of drug-likeness (QED) is 0.560. The van der Waals surface area contributed by atoms with Gasteiger partial charge in [-0.2, -0.15) is 13.2 Å². The number of hydrogen-bond donors (Lipinski definition) is 3. The molecule has 0 aliphatic heterocycles. The third-order valence-corrected chi connectivity index (χ3v) is 4.25. The number of hydrogen-bond acceptors (Lipinski definition) is 4. The molecule has 0 unspecified atom stereocenters. The number of urea groups is 1. The van der Waals surface area contributed by atoms with Gasteiger partial charge in [0.2, 0.25) is 0 Å². The molecule has 25 heavy (non-hydrogen) atoms. The Hall–Kier alpha value is -2.81. The van der Waals surface area contributed by atoms with Crippen molar-refractivity contribution < 1.29 is 23.1 Å². The number of amides is 2. The number of aryl methyl sites for hydroxylation is 1. The van der Waals surface area contributed by atoms with Gasteiger partial charge in [0.1, 0.15) is 5.75 Å². The van der Waals surface area contributed by atoms with Gasteiger partial charge in [-0.3, -0.25) is 0 Å². The average molecular weight is 367 g/mol. The molecule has 0 aliphatic rings. The molecular weight excluding hydrogens is 355 g/mol. The van der Waals surface area contributed by atoms with Crippen molar-refractivity contribution in [1.82, 2.24) is 4.98 Å². The lowest BCUT2D eigenvalue weighted by Gasteiger charge is -2.12. The summed E-state index contributed by atoms with van der Waals surface area (Å²) in [6, 6.07) is 7.17. The van der Waals surface area contributed by atoms with Crippen LogP contribution in [0.5, 0.6) is 5.75 Å². The number of rotatable bonds is 2. The summed E-state index contributed by atoms with van der Waals surface area (Å²) < 4.78 is 39.2. The molecule has 1 aromatic heterocycles. The highest BCUT2D eigenvalue weighted by molar-refractivity contribution is 7.18. The molecule has 0 atom stereocenters. The van der Waals surface area contributed by atoms with Crippen LogP contribution < -0.4 is 10.6 Å². The molecule has 0 radical (unpaired) electrons. The summed E-state index contributed by atoms with van der Waals surface area (Å²) in [5.41, 5.74) is -0.00511. The van der Waals surface area contributed by atoms with Gasteiger partial charge in [0.15, 0.2) is 0 Å². The number of phenols is 1. The molecule has 9 heteroatoms. The van der Waals surface area contributed by atoms with E-state index in [1.165, 1.54) is 17.4 Å². The van der Waals surface area contributed by atoms with Crippen LogP contribution in [0.1, 0.15) is 10.6 Å². The number of fused-ring (bicyclic) bond motifs is 1. The third kappa shape index (κ3) is 3.82. The lowest BCUT2D eigenvalue weighted by atomic mass is 10.1. The maximum absolute atomic E-state index is 12.8. The first-order valence-electron chi connectivity index (χ1n) is 7.08. The summed E-state index contributed by atoms with van der Waals surface area (Å²) in [7, 11) is 0. The fourth-order valence-electron chi connectivity index (χ4n) is 2.25. The molecule has 3 aromatic rings. The average Bonchev–Trinajstić information content (AvgIpc) is 2.87. The molecule has 0 fully saturated rings. The lowest BCUT2D eigenvalue weighted by Crippen LogP contribution is -2.19. The van der Waals surface area contributed by atoms with Crippen LogP contribution in [0.25, 0.3) is 10.2 Å². The number of nitrogens with one attached hydrogen (secondary N) is 2. The van der Waals surface area contributed by atoms with Gasteiger partial charge in [0.05, 0.1) is 20.8 Å². The van der Waals surface area contributed by atoms with Gasteiger partial charge in [-0.25, -0.2) is 9.78 Å². The zero-order valence-electron chi connectivity index (χ0n) is 12.8. The SMILES string of the molecule is Cc1nc2ccc(NC(=O)Nc3ccc(O)c(C(F)(F)F)c3)cc2s1. The van der Waals surface area contributed by atoms with Crippen LogP contribution in [0.2, 0.25) is 0 Å². The van der Waals surface area contributed by atoms with Gasteiger partial charge >= 0.3 is 12.2 Å². The molecule has 3 N–H and O–H groups in total. The van der Waals surface area contributed by atoms with Crippen molar-refractivity contribution in [1.29, 1.82) is 0 Å². The Bertz CT molecular complexity index is 953. The van der Waals surface area contributed by atoms with E-state index >= 15 is 0 Å². The van der Waals surface area contributed by atoms with Crippen molar-refractivity contribution >= 4 is 39.0 Å². The minimum Gasteiger partial charge on any atom is -0.507 e. The van der Waals surface area contributed by atoms with E-state index in [1.54, 1.807) is 18.2 Å². The standard InChI is InChI=1S/C16H12F3N3O2S/c1-8-20-12-4-2-10(7-14(12)25-8)22-15(24)21-9-3-5-13(23)11(6-9)16(17,18)19/h2-7,23H,1H3,(H2,21,22,24). The molecule has 0 aliphatic carbocycles. The van der Waals surface area contributed by atoms with Crippen molar-refractivity contribution in [3.05, 3.63) is 47.0 Å². The second-order valence-corrected chi connectivity index (χ2v) is 6.46. The highest BCUT2D eigenvalue weighted by Gasteiger charge is 2.34. The van der Waals surface area contributed by atoms with Crippen molar-refractivity contribution in [2.24, 2.45) is 0 Å². The smallest absolute Gasteiger partial charge is 0.420 e. The highest BCUT2D eigenvalue weighted by Crippen LogP contribution is 2.37. The molecule has 5 nitrogen and oxygen atoms in total. The Kier molecular flexibility index (Phi) is 4.25. The summed E-state index contributed by atoms with van der Waals surface area (Å²) in [5, 5.41) is 15.0. The van der Waals surface area contributed by atoms with Gasteiger partial charge in [-0.15, -0.1) is 11.3 Å². The monoisotopic (exact) mass is 367 g/mol. The number of phenolic OH excluding ortho intramolecular Hbond substituents is 1.